The van der Waals surface area contributed by atoms with Crippen molar-refractivity contribution in [3.05, 3.63) is 59.7 Å². The lowest BCUT2D eigenvalue weighted by molar-refractivity contribution is -0.125. The fourth-order valence-electron chi connectivity index (χ4n) is 3.88. The van der Waals surface area contributed by atoms with Crippen molar-refractivity contribution in [1.29, 1.82) is 0 Å². The van der Waals surface area contributed by atoms with Crippen molar-refractivity contribution >= 4 is 23.2 Å². The second-order valence-corrected chi connectivity index (χ2v) is 7.30. The number of para-hydroxylation sites is 1. The minimum absolute atomic E-state index is 0.0787. The summed E-state index contributed by atoms with van der Waals surface area (Å²) >= 11 is 0. The molecule has 0 spiro atoms. The fourth-order valence-corrected chi connectivity index (χ4v) is 3.88. The zero-order valence-electron chi connectivity index (χ0n) is 16.9. The number of fused-ring (bicyclic) bond motifs is 1. The van der Waals surface area contributed by atoms with E-state index in [4.69, 9.17) is 0 Å². The number of anilines is 2. The lowest BCUT2D eigenvalue weighted by Crippen LogP contribution is -2.47. The van der Waals surface area contributed by atoms with Crippen LogP contribution < -0.4 is 15.1 Å². The van der Waals surface area contributed by atoms with Crippen molar-refractivity contribution in [3.63, 3.8) is 0 Å². The monoisotopic (exact) mass is 379 g/mol. The molecule has 148 valence electrons. The van der Waals surface area contributed by atoms with Crippen LogP contribution in [0.1, 0.15) is 31.4 Å². The highest BCUT2D eigenvalue weighted by atomic mass is 16.2. The Balaban J connectivity index is 1.54. The van der Waals surface area contributed by atoms with Gasteiger partial charge in [0.05, 0.1) is 0 Å². The van der Waals surface area contributed by atoms with E-state index in [1.54, 1.807) is 4.90 Å². The molecular formula is C23H29N3O2. The van der Waals surface area contributed by atoms with E-state index in [2.05, 4.69) is 48.3 Å². The number of carbonyl (C=O) groups is 2. The molecule has 0 fully saturated rings. The van der Waals surface area contributed by atoms with Gasteiger partial charge in [0.1, 0.15) is 6.04 Å². The molecule has 1 N–H and O–H groups in total. The number of hydrogen-bond acceptors (Lipinski definition) is 3. The van der Waals surface area contributed by atoms with Crippen LogP contribution in [0, 0.1) is 6.92 Å². The molecule has 1 heterocycles. The van der Waals surface area contributed by atoms with Gasteiger partial charge in [0.25, 0.3) is 0 Å². The van der Waals surface area contributed by atoms with Crippen LogP contribution >= 0.6 is 0 Å². The van der Waals surface area contributed by atoms with E-state index in [0.717, 1.165) is 30.8 Å². The molecule has 0 saturated carbocycles. The van der Waals surface area contributed by atoms with Gasteiger partial charge in [0.15, 0.2) is 0 Å². The Kier molecular flexibility index (Phi) is 6.34. The minimum atomic E-state index is -0.450. The van der Waals surface area contributed by atoms with Crippen LogP contribution in [-0.4, -0.2) is 37.5 Å². The van der Waals surface area contributed by atoms with Gasteiger partial charge in [-0.15, -0.1) is 0 Å². The average Bonchev–Trinajstić information content (AvgIpc) is 3.08. The van der Waals surface area contributed by atoms with Gasteiger partial charge in [0.2, 0.25) is 11.8 Å². The first-order valence-electron chi connectivity index (χ1n) is 9.98. The fraction of sp³-hybridized carbons (Fsp3) is 0.391. The van der Waals surface area contributed by atoms with Gasteiger partial charge in [-0.2, -0.15) is 0 Å². The summed E-state index contributed by atoms with van der Waals surface area (Å²) < 4.78 is 0. The molecule has 0 saturated heterocycles. The molecule has 0 aliphatic carbocycles. The van der Waals surface area contributed by atoms with Gasteiger partial charge in [0, 0.05) is 44.4 Å². The number of nitrogens with one attached hydrogen (secondary N) is 1. The molecule has 2 amide bonds. The van der Waals surface area contributed by atoms with Crippen LogP contribution in [-0.2, 0) is 16.0 Å². The summed E-state index contributed by atoms with van der Waals surface area (Å²) in [5.74, 6) is -0.174. The summed E-state index contributed by atoms with van der Waals surface area (Å²) in [6.07, 6.45) is 1.43. The Bertz CT molecular complexity index is 849. The van der Waals surface area contributed by atoms with Gasteiger partial charge in [-0.05, 0) is 49.6 Å². The SMILES string of the molecule is CCN(CCCNC(=O)C1Cc2ccccc2N1C(C)=O)c1cccc(C)c1. The van der Waals surface area contributed by atoms with Crippen LogP contribution in [0.5, 0.6) is 0 Å². The van der Waals surface area contributed by atoms with Crippen LogP contribution in [0.15, 0.2) is 48.5 Å². The Labute approximate surface area is 167 Å². The number of nitrogens with zero attached hydrogens (tertiary/aromatic N) is 2. The number of amides is 2. The van der Waals surface area contributed by atoms with Crippen molar-refractivity contribution < 1.29 is 9.59 Å². The largest absolute Gasteiger partial charge is 0.372 e. The maximum atomic E-state index is 12.7. The predicted octanol–water partition coefficient (Wildman–Crippen LogP) is 3.31. The van der Waals surface area contributed by atoms with E-state index >= 15 is 0 Å². The minimum Gasteiger partial charge on any atom is -0.372 e. The van der Waals surface area contributed by atoms with Gasteiger partial charge >= 0.3 is 0 Å². The molecule has 0 aromatic heterocycles. The molecular weight excluding hydrogens is 350 g/mol. The summed E-state index contributed by atoms with van der Waals surface area (Å²) in [6.45, 7) is 8.15. The first-order valence-corrected chi connectivity index (χ1v) is 9.98. The molecule has 2 aromatic carbocycles. The van der Waals surface area contributed by atoms with Gasteiger partial charge in [-0.3, -0.25) is 14.5 Å². The third kappa shape index (κ3) is 4.35. The maximum absolute atomic E-state index is 12.7. The van der Waals surface area contributed by atoms with Gasteiger partial charge in [-0.25, -0.2) is 0 Å². The predicted molar refractivity (Wildman–Crippen MR) is 114 cm³/mol. The lowest BCUT2D eigenvalue weighted by atomic mass is 10.1. The first kappa shape index (κ1) is 19.9. The molecule has 1 unspecified atom stereocenters. The van der Waals surface area contributed by atoms with E-state index < -0.39 is 6.04 Å². The van der Waals surface area contributed by atoms with Crippen LogP contribution in [0.2, 0.25) is 0 Å². The molecule has 28 heavy (non-hydrogen) atoms. The summed E-state index contributed by atoms with van der Waals surface area (Å²) in [5, 5.41) is 3.03. The Morgan fingerprint density at radius 3 is 2.68 bits per heavy atom. The van der Waals surface area contributed by atoms with E-state index in [1.165, 1.54) is 18.2 Å². The second kappa shape index (κ2) is 8.91. The quantitative estimate of drug-likeness (QED) is 0.751. The number of hydrogen-bond donors (Lipinski definition) is 1. The molecule has 2 aromatic rings. The molecule has 1 aliphatic rings. The zero-order chi connectivity index (χ0) is 20.1. The van der Waals surface area contributed by atoms with Crippen molar-refractivity contribution in [2.24, 2.45) is 0 Å². The normalized spacial score (nSPS) is 15.2. The van der Waals surface area contributed by atoms with Crippen LogP contribution in [0.4, 0.5) is 11.4 Å². The highest BCUT2D eigenvalue weighted by Gasteiger charge is 2.36. The van der Waals surface area contributed by atoms with Crippen molar-refractivity contribution in [2.45, 2.75) is 39.7 Å². The Morgan fingerprint density at radius 1 is 1.18 bits per heavy atom. The molecule has 5 heteroatoms. The summed E-state index contributed by atoms with van der Waals surface area (Å²) in [4.78, 5) is 28.8. The molecule has 1 aliphatic heterocycles. The van der Waals surface area contributed by atoms with Crippen LogP contribution in [0.3, 0.4) is 0 Å². The zero-order valence-corrected chi connectivity index (χ0v) is 16.9. The molecule has 0 bridgehead atoms. The molecule has 1 atom stereocenters. The van der Waals surface area contributed by atoms with Gasteiger partial charge < -0.3 is 10.2 Å². The maximum Gasteiger partial charge on any atom is 0.243 e. The number of carbonyl (C=O) groups excluding carboxylic acids is 2. The number of aryl methyl sites for hydroxylation is 1. The second-order valence-electron chi connectivity index (χ2n) is 7.30. The first-order chi connectivity index (χ1) is 13.5. The van der Waals surface area contributed by atoms with Crippen LogP contribution in [0.25, 0.3) is 0 Å². The third-order valence-electron chi connectivity index (χ3n) is 5.27. The molecule has 3 rings (SSSR count). The van der Waals surface area contributed by atoms with E-state index in [9.17, 15) is 9.59 Å². The molecule has 0 radical (unpaired) electrons. The Morgan fingerprint density at radius 2 is 1.96 bits per heavy atom. The number of rotatable bonds is 7. The van der Waals surface area contributed by atoms with E-state index in [-0.39, 0.29) is 11.8 Å². The van der Waals surface area contributed by atoms with Gasteiger partial charge in [-0.1, -0.05) is 30.3 Å². The third-order valence-corrected chi connectivity index (χ3v) is 5.27. The number of benzene rings is 2. The highest BCUT2D eigenvalue weighted by molar-refractivity contribution is 6.02. The van der Waals surface area contributed by atoms with E-state index in [1.807, 2.05) is 24.3 Å². The van der Waals surface area contributed by atoms with Crippen molar-refractivity contribution in [3.8, 4) is 0 Å². The molecule has 5 nitrogen and oxygen atoms in total. The van der Waals surface area contributed by atoms with Crippen molar-refractivity contribution in [1.82, 2.24) is 5.32 Å². The smallest absolute Gasteiger partial charge is 0.243 e. The highest BCUT2D eigenvalue weighted by Crippen LogP contribution is 2.32. The Hall–Kier alpha value is -2.82. The topological polar surface area (TPSA) is 52.7 Å². The summed E-state index contributed by atoms with van der Waals surface area (Å²) in [6, 6.07) is 15.8. The summed E-state index contributed by atoms with van der Waals surface area (Å²) in [5.41, 5.74) is 4.36. The standard InChI is InChI=1S/C23H29N3O2/c1-4-25(20-11-7-9-17(2)15-20)14-8-13-24-23(28)22-16-19-10-5-6-12-21(19)26(22)18(3)27/h5-7,9-12,15,22H,4,8,13-14,16H2,1-3H3,(H,24,28). The van der Waals surface area contributed by atoms with E-state index in [0.29, 0.717) is 13.0 Å². The average molecular weight is 380 g/mol. The van der Waals surface area contributed by atoms with Crippen molar-refractivity contribution in [2.75, 3.05) is 29.4 Å². The lowest BCUT2D eigenvalue weighted by Gasteiger charge is -2.25. The summed E-state index contributed by atoms with van der Waals surface area (Å²) in [7, 11) is 0.